The van der Waals surface area contributed by atoms with Crippen molar-refractivity contribution in [2.75, 3.05) is 19.0 Å². The van der Waals surface area contributed by atoms with Gasteiger partial charge in [0.25, 0.3) is 0 Å². The van der Waals surface area contributed by atoms with Crippen LogP contribution in [0.5, 0.6) is 11.5 Å². The highest BCUT2D eigenvalue weighted by molar-refractivity contribution is 5.44. The summed E-state index contributed by atoms with van der Waals surface area (Å²) in [6.45, 7) is 0.927. The van der Waals surface area contributed by atoms with Crippen molar-refractivity contribution in [3.05, 3.63) is 41.9 Å². The van der Waals surface area contributed by atoms with Crippen molar-refractivity contribution >= 4 is 5.82 Å². The van der Waals surface area contributed by atoms with E-state index in [1.165, 1.54) is 19.5 Å². The minimum Gasteiger partial charge on any atom is -0.493 e. The second-order valence-electron chi connectivity index (χ2n) is 4.79. The van der Waals surface area contributed by atoms with Crippen molar-refractivity contribution in [1.82, 2.24) is 9.97 Å². The first-order valence-electron chi connectivity index (χ1n) is 6.76. The molecule has 0 spiro atoms. The number of aromatic nitrogens is 2. The molecule has 0 amide bonds. The maximum Gasteiger partial charge on any atom is 0.422 e. The van der Waals surface area contributed by atoms with E-state index in [4.69, 9.17) is 9.47 Å². The number of anilines is 1. The number of rotatable bonds is 6. The van der Waals surface area contributed by atoms with Crippen molar-refractivity contribution in [2.45, 2.75) is 19.6 Å². The minimum atomic E-state index is -4.39. The molecule has 23 heavy (non-hydrogen) atoms. The van der Waals surface area contributed by atoms with Crippen molar-refractivity contribution in [3.63, 3.8) is 0 Å². The Bertz CT molecular complexity index is 663. The Morgan fingerprint density at radius 1 is 1.13 bits per heavy atom. The molecule has 0 aliphatic carbocycles. The predicted octanol–water partition coefficient (Wildman–Crippen LogP) is 3.35. The molecule has 1 aromatic heterocycles. The minimum absolute atomic E-state index is 0.0476. The molecular weight excluding hydrogens is 311 g/mol. The molecule has 0 fully saturated rings. The topological polar surface area (TPSA) is 56.3 Å². The average molecular weight is 327 g/mol. The average Bonchev–Trinajstić information content (AvgIpc) is 2.50. The van der Waals surface area contributed by atoms with Crippen LogP contribution in [0.4, 0.5) is 19.0 Å². The predicted molar refractivity (Wildman–Crippen MR) is 78.6 cm³/mol. The summed E-state index contributed by atoms with van der Waals surface area (Å²) in [4.78, 5) is 8.06. The van der Waals surface area contributed by atoms with Crippen LogP contribution < -0.4 is 14.8 Å². The number of ether oxygens (including phenoxy) is 2. The molecule has 0 aliphatic heterocycles. The van der Waals surface area contributed by atoms with Crippen LogP contribution in [0.25, 0.3) is 0 Å². The number of hydrogen-bond acceptors (Lipinski definition) is 5. The van der Waals surface area contributed by atoms with Crippen LogP contribution in [0.15, 0.2) is 30.6 Å². The Balaban J connectivity index is 2.03. The van der Waals surface area contributed by atoms with E-state index >= 15 is 0 Å². The summed E-state index contributed by atoms with van der Waals surface area (Å²) in [5, 5.41) is 3.10. The number of benzene rings is 1. The van der Waals surface area contributed by atoms with Crippen LogP contribution in [-0.4, -0.2) is 29.9 Å². The lowest BCUT2D eigenvalue weighted by Crippen LogP contribution is -2.19. The molecule has 0 unspecified atom stereocenters. The van der Waals surface area contributed by atoms with Crippen LogP contribution in [0, 0.1) is 6.92 Å². The molecule has 0 radical (unpaired) electrons. The van der Waals surface area contributed by atoms with Gasteiger partial charge in [-0.05, 0) is 24.6 Å². The van der Waals surface area contributed by atoms with Gasteiger partial charge in [0.05, 0.1) is 7.11 Å². The molecule has 124 valence electrons. The van der Waals surface area contributed by atoms with Crippen molar-refractivity contribution in [1.29, 1.82) is 0 Å². The lowest BCUT2D eigenvalue weighted by molar-refractivity contribution is -0.153. The van der Waals surface area contributed by atoms with Crippen molar-refractivity contribution in [2.24, 2.45) is 0 Å². The summed E-state index contributed by atoms with van der Waals surface area (Å²) in [6, 6.07) is 6.52. The van der Waals surface area contributed by atoms with Crippen LogP contribution in [0.2, 0.25) is 0 Å². The van der Waals surface area contributed by atoms with Gasteiger partial charge in [-0.3, -0.25) is 0 Å². The largest absolute Gasteiger partial charge is 0.493 e. The number of halogens is 3. The van der Waals surface area contributed by atoms with Crippen LogP contribution in [0.1, 0.15) is 11.3 Å². The second-order valence-corrected chi connectivity index (χ2v) is 4.79. The number of nitrogens with one attached hydrogen (secondary N) is 1. The fourth-order valence-electron chi connectivity index (χ4n) is 1.84. The van der Waals surface area contributed by atoms with E-state index in [1.54, 1.807) is 18.2 Å². The molecule has 1 aromatic carbocycles. The van der Waals surface area contributed by atoms with E-state index in [2.05, 4.69) is 15.3 Å². The maximum atomic E-state index is 12.2. The number of methoxy groups -OCH3 is 1. The Labute approximate surface area is 131 Å². The Morgan fingerprint density at radius 2 is 1.91 bits per heavy atom. The number of aryl methyl sites for hydroxylation is 1. The zero-order chi connectivity index (χ0) is 16.9. The van der Waals surface area contributed by atoms with Gasteiger partial charge in [0.2, 0.25) is 0 Å². The summed E-state index contributed by atoms with van der Waals surface area (Å²) in [5.74, 6) is 0.952. The summed E-state index contributed by atoms with van der Waals surface area (Å²) in [6.07, 6.45) is -2.94. The zero-order valence-corrected chi connectivity index (χ0v) is 12.6. The molecule has 2 rings (SSSR count). The molecule has 1 N–H and O–H groups in total. The molecular formula is C15H16F3N3O2. The molecule has 1 heterocycles. The summed E-state index contributed by atoms with van der Waals surface area (Å²) in [5.41, 5.74) is 1.65. The van der Waals surface area contributed by atoms with Gasteiger partial charge in [0, 0.05) is 18.3 Å². The van der Waals surface area contributed by atoms with E-state index < -0.39 is 12.8 Å². The normalized spacial score (nSPS) is 11.2. The van der Waals surface area contributed by atoms with Gasteiger partial charge in [-0.2, -0.15) is 13.2 Å². The molecule has 5 nitrogen and oxygen atoms in total. The smallest absolute Gasteiger partial charge is 0.422 e. The summed E-state index contributed by atoms with van der Waals surface area (Å²) >= 11 is 0. The monoisotopic (exact) mass is 327 g/mol. The molecule has 0 aliphatic rings. The molecule has 0 saturated heterocycles. The van der Waals surface area contributed by atoms with Crippen molar-refractivity contribution < 1.29 is 22.6 Å². The van der Waals surface area contributed by atoms with Crippen LogP contribution in [-0.2, 0) is 6.54 Å². The van der Waals surface area contributed by atoms with Crippen LogP contribution in [0.3, 0.4) is 0 Å². The Hall–Kier alpha value is -2.51. The van der Waals surface area contributed by atoms with Gasteiger partial charge in [0.15, 0.2) is 18.1 Å². The van der Waals surface area contributed by atoms with Crippen LogP contribution >= 0.6 is 0 Å². The maximum absolute atomic E-state index is 12.2. The molecule has 8 heteroatoms. The third-order valence-electron chi connectivity index (χ3n) is 2.90. The fourth-order valence-corrected chi connectivity index (χ4v) is 1.84. The second kappa shape index (κ2) is 7.17. The zero-order valence-electron chi connectivity index (χ0n) is 12.6. The van der Waals surface area contributed by atoms with E-state index in [0.29, 0.717) is 12.4 Å². The SMILES string of the molecule is COc1cc(CNc2cc(C)ncn2)ccc1OCC(F)(F)F. The highest BCUT2D eigenvalue weighted by Crippen LogP contribution is 2.30. The highest BCUT2D eigenvalue weighted by atomic mass is 19.4. The van der Waals surface area contributed by atoms with E-state index in [9.17, 15) is 13.2 Å². The lowest BCUT2D eigenvalue weighted by atomic mass is 10.2. The molecule has 0 atom stereocenters. The molecule has 0 saturated carbocycles. The number of nitrogens with zero attached hydrogens (tertiary/aromatic N) is 2. The standard InChI is InChI=1S/C15H16F3N3O2/c1-10-5-14(21-9-20-10)19-7-11-3-4-12(13(6-11)22-2)23-8-15(16,17)18/h3-6,9H,7-8H2,1-2H3,(H,19,20,21). The van der Waals surface area contributed by atoms with Gasteiger partial charge >= 0.3 is 6.18 Å². The van der Waals surface area contributed by atoms with E-state index in [1.807, 2.05) is 6.92 Å². The quantitative estimate of drug-likeness (QED) is 0.882. The first kappa shape index (κ1) is 16.9. The molecule has 0 bridgehead atoms. The van der Waals surface area contributed by atoms with Gasteiger partial charge in [-0.15, -0.1) is 0 Å². The molecule has 2 aromatic rings. The fraction of sp³-hybridized carbons (Fsp3) is 0.333. The van der Waals surface area contributed by atoms with Gasteiger partial charge < -0.3 is 14.8 Å². The third-order valence-corrected chi connectivity index (χ3v) is 2.90. The Kier molecular flexibility index (Phi) is 5.25. The lowest BCUT2D eigenvalue weighted by Gasteiger charge is -2.14. The van der Waals surface area contributed by atoms with Crippen molar-refractivity contribution in [3.8, 4) is 11.5 Å². The van der Waals surface area contributed by atoms with Gasteiger partial charge in [-0.25, -0.2) is 9.97 Å². The van der Waals surface area contributed by atoms with E-state index in [-0.39, 0.29) is 11.5 Å². The van der Waals surface area contributed by atoms with Gasteiger partial charge in [0.1, 0.15) is 12.1 Å². The number of hydrogen-bond donors (Lipinski definition) is 1. The highest BCUT2D eigenvalue weighted by Gasteiger charge is 2.29. The Morgan fingerprint density at radius 3 is 2.57 bits per heavy atom. The van der Waals surface area contributed by atoms with Gasteiger partial charge in [-0.1, -0.05) is 6.07 Å². The first-order chi connectivity index (χ1) is 10.9. The van der Waals surface area contributed by atoms with E-state index in [0.717, 1.165) is 11.3 Å². The summed E-state index contributed by atoms with van der Waals surface area (Å²) in [7, 11) is 1.38. The third kappa shape index (κ3) is 5.32. The summed E-state index contributed by atoms with van der Waals surface area (Å²) < 4.78 is 46.4. The number of alkyl halides is 3. The first-order valence-corrected chi connectivity index (χ1v) is 6.76.